The number of piperazine rings is 1. The number of ether oxygens (including phenoxy) is 1. The quantitative estimate of drug-likeness (QED) is 0.831. The first-order valence-corrected chi connectivity index (χ1v) is 10.2. The van der Waals surface area contributed by atoms with Crippen molar-refractivity contribution in [2.24, 2.45) is 5.92 Å². The van der Waals surface area contributed by atoms with Crippen molar-refractivity contribution in [3.8, 4) is 5.75 Å². The van der Waals surface area contributed by atoms with Crippen LogP contribution < -0.4 is 10.1 Å². The maximum atomic E-state index is 13.3. The lowest BCUT2D eigenvalue weighted by Gasteiger charge is -2.35. The lowest BCUT2D eigenvalue weighted by molar-refractivity contribution is 0.264. The molecule has 0 aliphatic carbocycles. The molecule has 1 atom stereocenters. The van der Waals surface area contributed by atoms with Crippen molar-refractivity contribution in [3.63, 3.8) is 0 Å². The molecular weight excluding hydrogens is 352 g/mol. The molecule has 2 heterocycles. The summed E-state index contributed by atoms with van der Waals surface area (Å²) in [7, 11) is -2.09. The third kappa shape index (κ3) is 3.77. The normalized spacial score (nSPS) is 19.0. The van der Waals surface area contributed by atoms with Gasteiger partial charge in [-0.2, -0.15) is 4.31 Å². The van der Waals surface area contributed by atoms with Gasteiger partial charge in [-0.1, -0.05) is 32.0 Å². The van der Waals surface area contributed by atoms with Crippen molar-refractivity contribution in [2.45, 2.75) is 31.5 Å². The largest absolute Gasteiger partial charge is 0.496 e. The Balaban J connectivity index is 1.95. The van der Waals surface area contributed by atoms with Gasteiger partial charge in [-0.25, -0.2) is 13.4 Å². The van der Waals surface area contributed by atoms with Crippen molar-refractivity contribution >= 4 is 10.0 Å². The second kappa shape index (κ2) is 7.77. The van der Waals surface area contributed by atoms with Gasteiger partial charge in [-0.15, -0.1) is 0 Å². The van der Waals surface area contributed by atoms with Gasteiger partial charge in [0.15, 0.2) is 5.03 Å². The predicted octanol–water partition coefficient (Wildman–Crippen LogP) is 1.88. The number of nitrogens with zero attached hydrogens (tertiary/aromatic N) is 3. The van der Waals surface area contributed by atoms with E-state index in [4.69, 9.17) is 4.74 Å². The highest BCUT2D eigenvalue weighted by Crippen LogP contribution is 2.33. The van der Waals surface area contributed by atoms with E-state index in [2.05, 4.69) is 24.1 Å². The van der Waals surface area contributed by atoms with Crippen LogP contribution in [0.1, 0.15) is 25.5 Å². The topological polar surface area (TPSA) is 76.5 Å². The molecule has 0 spiro atoms. The molecule has 0 saturated carbocycles. The Morgan fingerprint density at radius 3 is 2.85 bits per heavy atom. The molecule has 1 N–H and O–H groups in total. The Morgan fingerprint density at radius 2 is 2.12 bits per heavy atom. The fourth-order valence-electron chi connectivity index (χ4n) is 3.29. The van der Waals surface area contributed by atoms with Crippen LogP contribution in [0, 0.1) is 5.92 Å². The summed E-state index contributed by atoms with van der Waals surface area (Å²) in [6, 6.07) is 7.21. The lowest BCUT2D eigenvalue weighted by Crippen LogP contribution is -2.48. The van der Waals surface area contributed by atoms with E-state index in [1.54, 1.807) is 19.6 Å². The molecule has 0 amide bonds. The third-order valence-electron chi connectivity index (χ3n) is 4.45. The molecular formula is C18H26N4O3S. The van der Waals surface area contributed by atoms with Crippen LogP contribution in [0.5, 0.6) is 5.75 Å². The molecule has 1 unspecified atom stereocenters. The number of benzene rings is 1. The van der Waals surface area contributed by atoms with Crippen LogP contribution >= 0.6 is 0 Å². The highest BCUT2D eigenvalue weighted by molar-refractivity contribution is 7.89. The lowest BCUT2D eigenvalue weighted by atomic mass is 10.0. The van der Waals surface area contributed by atoms with Crippen molar-refractivity contribution in [1.29, 1.82) is 0 Å². The number of hydrogen-bond donors (Lipinski definition) is 1. The summed E-state index contributed by atoms with van der Waals surface area (Å²) in [5, 5.41) is 3.38. The minimum Gasteiger partial charge on any atom is -0.496 e. The van der Waals surface area contributed by atoms with Gasteiger partial charge in [0.2, 0.25) is 0 Å². The Hall–Kier alpha value is -1.90. The van der Waals surface area contributed by atoms with E-state index < -0.39 is 10.0 Å². The van der Waals surface area contributed by atoms with Crippen LogP contribution in [0.25, 0.3) is 0 Å². The summed E-state index contributed by atoms with van der Waals surface area (Å²) in [6.45, 7) is 6.44. The van der Waals surface area contributed by atoms with Crippen LogP contribution in [0.3, 0.4) is 0 Å². The number of para-hydroxylation sites is 1. The van der Waals surface area contributed by atoms with Crippen molar-refractivity contribution in [1.82, 2.24) is 19.2 Å². The smallest absolute Gasteiger partial charge is 0.262 e. The van der Waals surface area contributed by atoms with Crippen molar-refractivity contribution in [3.05, 3.63) is 42.4 Å². The Bertz CT molecular complexity index is 848. The van der Waals surface area contributed by atoms with Gasteiger partial charge in [-0.05, 0) is 12.0 Å². The first-order chi connectivity index (χ1) is 12.4. The predicted molar refractivity (Wildman–Crippen MR) is 99.6 cm³/mol. The second-order valence-electron chi connectivity index (χ2n) is 6.88. The molecule has 1 aromatic carbocycles. The van der Waals surface area contributed by atoms with Gasteiger partial charge < -0.3 is 14.6 Å². The molecule has 1 fully saturated rings. The molecule has 0 radical (unpaired) electrons. The summed E-state index contributed by atoms with van der Waals surface area (Å²) in [4.78, 5) is 4.17. The maximum Gasteiger partial charge on any atom is 0.262 e. The van der Waals surface area contributed by atoms with E-state index in [0.717, 1.165) is 12.1 Å². The van der Waals surface area contributed by atoms with Crippen LogP contribution in [-0.4, -0.2) is 49.0 Å². The van der Waals surface area contributed by atoms with E-state index in [9.17, 15) is 8.42 Å². The number of nitrogens with one attached hydrogen (secondary N) is 1. The molecule has 7 nitrogen and oxygen atoms in total. The number of imidazole rings is 1. The summed E-state index contributed by atoms with van der Waals surface area (Å²) in [6.07, 6.45) is 3.21. The van der Waals surface area contributed by atoms with Gasteiger partial charge in [0.1, 0.15) is 5.75 Å². The molecule has 1 aliphatic rings. The van der Waals surface area contributed by atoms with Crippen molar-refractivity contribution in [2.75, 3.05) is 26.7 Å². The van der Waals surface area contributed by atoms with Crippen LogP contribution in [0.4, 0.5) is 0 Å². The Labute approximate surface area is 155 Å². The summed E-state index contributed by atoms with van der Waals surface area (Å²) in [5.41, 5.74) is 0.854. The van der Waals surface area contributed by atoms with E-state index in [-0.39, 0.29) is 11.1 Å². The zero-order valence-electron chi connectivity index (χ0n) is 15.4. The number of methoxy groups -OCH3 is 1. The van der Waals surface area contributed by atoms with Crippen molar-refractivity contribution < 1.29 is 13.2 Å². The van der Waals surface area contributed by atoms with E-state index in [0.29, 0.717) is 31.3 Å². The molecule has 8 heteroatoms. The fourth-order valence-corrected chi connectivity index (χ4v) is 4.84. The van der Waals surface area contributed by atoms with Crippen LogP contribution in [0.15, 0.2) is 41.8 Å². The number of rotatable bonds is 6. The zero-order chi connectivity index (χ0) is 18.7. The number of hydrogen-bond acceptors (Lipinski definition) is 5. The summed E-state index contributed by atoms with van der Waals surface area (Å²) in [5.74, 6) is 1.10. The number of sulfonamides is 1. The molecule has 1 aromatic heterocycles. The maximum absolute atomic E-state index is 13.3. The molecule has 0 bridgehead atoms. The fraction of sp³-hybridized carbons (Fsp3) is 0.500. The highest BCUT2D eigenvalue weighted by atomic mass is 32.2. The first kappa shape index (κ1) is 18.9. The minimum absolute atomic E-state index is 0.0972. The van der Waals surface area contributed by atoms with Crippen LogP contribution in [-0.2, 0) is 16.6 Å². The first-order valence-electron chi connectivity index (χ1n) is 8.80. The Kier molecular flexibility index (Phi) is 5.64. The summed E-state index contributed by atoms with van der Waals surface area (Å²) < 4.78 is 35.3. The average Bonchev–Trinajstić information content (AvgIpc) is 3.10. The SMILES string of the molecule is COc1ccccc1C1CNCCN1S(=O)(=O)c1cn(CC(C)C)cn1. The third-order valence-corrected chi connectivity index (χ3v) is 6.24. The highest BCUT2D eigenvalue weighted by Gasteiger charge is 2.36. The van der Waals surface area contributed by atoms with Gasteiger partial charge >= 0.3 is 0 Å². The van der Waals surface area contributed by atoms with E-state index in [1.165, 1.54) is 4.31 Å². The number of aromatic nitrogens is 2. The minimum atomic E-state index is -3.69. The van der Waals surface area contributed by atoms with Gasteiger partial charge in [-0.3, -0.25) is 0 Å². The van der Waals surface area contributed by atoms with E-state index >= 15 is 0 Å². The molecule has 142 valence electrons. The molecule has 2 aromatic rings. The van der Waals surface area contributed by atoms with Gasteiger partial charge in [0.25, 0.3) is 10.0 Å². The zero-order valence-corrected chi connectivity index (χ0v) is 16.2. The molecule has 3 rings (SSSR count). The standard InChI is InChI=1S/C18H26N4O3S/c1-14(2)11-21-12-18(20-13-21)26(23,24)22-9-8-19-10-16(22)15-6-4-5-7-17(15)25-3/h4-7,12-14,16,19H,8-11H2,1-3H3. The van der Waals surface area contributed by atoms with Crippen LogP contribution in [0.2, 0.25) is 0 Å². The van der Waals surface area contributed by atoms with E-state index in [1.807, 2.05) is 28.8 Å². The molecule has 1 saturated heterocycles. The van der Waals surface area contributed by atoms with Gasteiger partial charge in [0.05, 0.1) is 19.5 Å². The van der Waals surface area contributed by atoms with Gasteiger partial charge in [0, 0.05) is 37.9 Å². The summed E-state index contributed by atoms with van der Waals surface area (Å²) >= 11 is 0. The average molecular weight is 378 g/mol. The Morgan fingerprint density at radius 1 is 1.35 bits per heavy atom. The monoisotopic (exact) mass is 378 g/mol. The molecule has 1 aliphatic heterocycles. The second-order valence-corrected chi connectivity index (χ2v) is 8.72. The molecule has 26 heavy (non-hydrogen) atoms.